The van der Waals surface area contributed by atoms with Crippen LogP contribution in [0.4, 0.5) is 0 Å². The number of hydrogen-bond donors (Lipinski definition) is 2. The summed E-state index contributed by atoms with van der Waals surface area (Å²) in [5, 5.41) is 9.22. The molecule has 0 aromatic heterocycles. The number of rotatable bonds is 6. The fourth-order valence-corrected chi connectivity index (χ4v) is 3.01. The summed E-state index contributed by atoms with van der Waals surface area (Å²) in [6.45, 7) is 1.53. The summed E-state index contributed by atoms with van der Waals surface area (Å²) in [6, 6.07) is 3.69. The molecule has 1 atom stereocenters. The van der Waals surface area contributed by atoms with Crippen LogP contribution in [0.25, 0.3) is 0 Å². The number of hydrogen-bond acceptors (Lipinski definition) is 4. The highest BCUT2D eigenvalue weighted by molar-refractivity contribution is 7.89. The van der Waals surface area contributed by atoms with Gasteiger partial charge in [-0.15, -0.1) is 0 Å². The number of nitrogens with one attached hydrogen (secondary N) is 1. The molecule has 1 aromatic rings. The van der Waals surface area contributed by atoms with Crippen molar-refractivity contribution >= 4 is 21.6 Å². The summed E-state index contributed by atoms with van der Waals surface area (Å²) in [5.74, 6) is 0.407. The Hall–Kier alpha value is -0.820. The maximum Gasteiger partial charge on any atom is 0.240 e. The second kappa shape index (κ2) is 6.38. The molecule has 0 bridgehead atoms. The van der Waals surface area contributed by atoms with Crippen molar-refractivity contribution in [2.24, 2.45) is 0 Å². The van der Waals surface area contributed by atoms with Crippen LogP contribution in [0.15, 0.2) is 23.1 Å². The number of benzene rings is 1. The maximum atomic E-state index is 12.0. The Labute approximate surface area is 112 Å². The summed E-state index contributed by atoms with van der Waals surface area (Å²) >= 11 is 5.87. The molecule has 0 aliphatic heterocycles. The fraction of sp³-hybridized carbons (Fsp3) is 0.455. The summed E-state index contributed by atoms with van der Waals surface area (Å²) < 4.78 is 31.3. The molecule has 0 heterocycles. The molecule has 0 aliphatic carbocycles. The van der Waals surface area contributed by atoms with Crippen molar-refractivity contribution in [3.8, 4) is 5.75 Å². The van der Waals surface area contributed by atoms with E-state index in [1.807, 2.05) is 0 Å². The van der Waals surface area contributed by atoms with Gasteiger partial charge in [0.2, 0.25) is 10.0 Å². The van der Waals surface area contributed by atoms with E-state index in [1.165, 1.54) is 25.3 Å². The average Bonchev–Trinajstić information content (AvgIpc) is 2.35. The van der Waals surface area contributed by atoms with Crippen molar-refractivity contribution in [3.63, 3.8) is 0 Å². The first kappa shape index (κ1) is 15.2. The van der Waals surface area contributed by atoms with Gasteiger partial charge in [0.25, 0.3) is 0 Å². The van der Waals surface area contributed by atoms with Crippen molar-refractivity contribution in [1.82, 2.24) is 4.72 Å². The Bertz CT molecular complexity index is 500. The van der Waals surface area contributed by atoms with Crippen LogP contribution < -0.4 is 9.46 Å². The lowest BCUT2D eigenvalue weighted by Gasteiger charge is -2.14. The fourth-order valence-electron chi connectivity index (χ4n) is 1.35. The van der Waals surface area contributed by atoms with E-state index in [1.54, 1.807) is 6.92 Å². The molecule has 0 fully saturated rings. The van der Waals surface area contributed by atoms with Crippen LogP contribution >= 0.6 is 11.6 Å². The molecule has 1 aromatic carbocycles. The first-order valence-electron chi connectivity index (χ1n) is 5.41. The number of ether oxygens (including phenoxy) is 1. The van der Waals surface area contributed by atoms with Gasteiger partial charge in [-0.3, -0.25) is 0 Å². The molecular formula is C11H16ClNO4S. The zero-order valence-corrected chi connectivity index (χ0v) is 11.8. The molecule has 0 radical (unpaired) electrons. The molecule has 0 saturated heterocycles. The predicted molar refractivity (Wildman–Crippen MR) is 69.5 cm³/mol. The highest BCUT2D eigenvalue weighted by atomic mass is 35.5. The molecule has 1 rings (SSSR count). The van der Waals surface area contributed by atoms with E-state index in [4.69, 9.17) is 21.4 Å². The van der Waals surface area contributed by atoms with Crippen molar-refractivity contribution in [3.05, 3.63) is 23.2 Å². The molecule has 0 amide bonds. The number of sulfonamides is 1. The van der Waals surface area contributed by atoms with E-state index in [0.29, 0.717) is 12.2 Å². The van der Waals surface area contributed by atoms with Crippen LogP contribution in [0.1, 0.15) is 13.3 Å². The lowest BCUT2D eigenvalue weighted by atomic mass is 10.3. The topological polar surface area (TPSA) is 75.6 Å². The number of halogens is 1. The van der Waals surface area contributed by atoms with E-state index in [9.17, 15) is 8.42 Å². The Morgan fingerprint density at radius 2 is 2.17 bits per heavy atom. The van der Waals surface area contributed by atoms with Gasteiger partial charge in [-0.2, -0.15) is 0 Å². The number of aliphatic hydroxyl groups excluding tert-OH is 1. The highest BCUT2D eigenvalue weighted by Gasteiger charge is 2.19. The monoisotopic (exact) mass is 293 g/mol. The van der Waals surface area contributed by atoms with Gasteiger partial charge >= 0.3 is 0 Å². The first-order chi connectivity index (χ1) is 8.44. The average molecular weight is 294 g/mol. The standard InChI is InChI=1S/C11H16ClNO4S/c1-3-8(7-14)13-18(15,16)9-4-5-11(17-2)10(12)6-9/h4-6,8,13-14H,3,7H2,1-2H3. The molecule has 7 heteroatoms. The third kappa shape index (κ3) is 3.58. The SMILES string of the molecule is CCC(CO)NS(=O)(=O)c1ccc(OC)c(Cl)c1. The first-order valence-corrected chi connectivity index (χ1v) is 7.27. The van der Waals surface area contributed by atoms with Crippen LogP contribution in [-0.2, 0) is 10.0 Å². The van der Waals surface area contributed by atoms with Crippen molar-refractivity contribution in [2.75, 3.05) is 13.7 Å². The Morgan fingerprint density at radius 3 is 2.61 bits per heavy atom. The maximum absolute atomic E-state index is 12.0. The molecule has 0 spiro atoms. The van der Waals surface area contributed by atoms with Gasteiger partial charge in [-0.05, 0) is 24.6 Å². The Kier molecular flexibility index (Phi) is 5.40. The van der Waals surface area contributed by atoms with E-state index in [-0.39, 0.29) is 16.5 Å². The lowest BCUT2D eigenvalue weighted by Crippen LogP contribution is -2.36. The Balaban J connectivity index is 3.02. The van der Waals surface area contributed by atoms with Crippen molar-refractivity contribution < 1.29 is 18.3 Å². The minimum Gasteiger partial charge on any atom is -0.495 e. The van der Waals surface area contributed by atoms with Crippen molar-refractivity contribution in [2.45, 2.75) is 24.3 Å². The second-order valence-electron chi connectivity index (χ2n) is 3.71. The molecular weight excluding hydrogens is 278 g/mol. The molecule has 5 nitrogen and oxygen atoms in total. The molecule has 1 unspecified atom stereocenters. The zero-order chi connectivity index (χ0) is 13.8. The number of aliphatic hydroxyl groups is 1. The smallest absolute Gasteiger partial charge is 0.240 e. The molecule has 102 valence electrons. The normalized spacial score (nSPS) is 13.3. The Morgan fingerprint density at radius 1 is 1.50 bits per heavy atom. The second-order valence-corrected chi connectivity index (χ2v) is 5.83. The van der Waals surface area contributed by atoms with Crippen LogP contribution in [0.5, 0.6) is 5.75 Å². The summed E-state index contributed by atoms with van der Waals surface area (Å²) in [4.78, 5) is 0.0419. The van der Waals surface area contributed by atoms with Gasteiger partial charge in [0.15, 0.2) is 0 Å². The summed E-state index contributed by atoms with van der Waals surface area (Å²) in [7, 11) is -2.23. The minimum absolute atomic E-state index is 0.0419. The molecule has 0 aliphatic rings. The largest absolute Gasteiger partial charge is 0.495 e. The predicted octanol–water partition coefficient (Wildman–Crippen LogP) is 1.40. The summed E-state index contributed by atoms with van der Waals surface area (Å²) in [6.07, 6.45) is 0.500. The van der Waals surface area contributed by atoms with Crippen LogP contribution in [0.3, 0.4) is 0 Å². The molecule has 18 heavy (non-hydrogen) atoms. The van der Waals surface area contributed by atoms with Gasteiger partial charge in [-0.25, -0.2) is 13.1 Å². The molecule has 2 N–H and O–H groups in total. The van der Waals surface area contributed by atoms with E-state index in [0.717, 1.165) is 0 Å². The minimum atomic E-state index is -3.68. The van der Waals surface area contributed by atoms with Gasteiger partial charge in [0.1, 0.15) is 5.75 Å². The lowest BCUT2D eigenvalue weighted by molar-refractivity contribution is 0.254. The van der Waals surface area contributed by atoms with E-state index < -0.39 is 16.1 Å². The van der Waals surface area contributed by atoms with Crippen LogP contribution in [0, 0.1) is 0 Å². The van der Waals surface area contributed by atoms with E-state index in [2.05, 4.69) is 4.72 Å². The van der Waals surface area contributed by atoms with Crippen LogP contribution in [-0.4, -0.2) is 33.3 Å². The van der Waals surface area contributed by atoms with Gasteiger partial charge in [0, 0.05) is 6.04 Å². The third-order valence-corrected chi connectivity index (χ3v) is 4.28. The third-order valence-electron chi connectivity index (χ3n) is 2.47. The number of methoxy groups -OCH3 is 1. The zero-order valence-electron chi connectivity index (χ0n) is 10.2. The van der Waals surface area contributed by atoms with Gasteiger partial charge in [-0.1, -0.05) is 18.5 Å². The van der Waals surface area contributed by atoms with Gasteiger partial charge in [0.05, 0.1) is 23.6 Å². The van der Waals surface area contributed by atoms with Gasteiger partial charge < -0.3 is 9.84 Å². The highest BCUT2D eigenvalue weighted by Crippen LogP contribution is 2.26. The van der Waals surface area contributed by atoms with Crippen LogP contribution in [0.2, 0.25) is 5.02 Å². The molecule has 0 saturated carbocycles. The van der Waals surface area contributed by atoms with Crippen molar-refractivity contribution in [1.29, 1.82) is 0 Å². The quantitative estimate of drug-likeness (QED) is 0.831. The van der Waals surface area contributed by atoms with E-state index >= 15 is 0 Å². The summed E-state index contributed by atoms with van der Waals surface area (Å²) in [5.41, 5.74) is 0.